The fourth-order valence-corrected chi connectivity index (χ4v) is 3.52. The minimum atomic E-state index is 0.0990. The van der Waals surface area contributed by atoms with Gasteiger partial charge in [-0.25, -0.2) is 0 Å². The Hall–Kier alpha value is -0.940. The third-order valence-corrected chi connectivity index (χ3v) is 4.65. The fourth-order valence-electron chi connectivity index (χ4n) is 3.52. The molecule has 1 unspecified atom stereocenters. The molecule has 5 heteroatoms. The summed E-state index contributed by atoms with van der Waals surface area (Å²) in [6, 6.07) is 0. The van der Waals surface area contributed by atoms with E-state index < -0.39 is 0 Å². The molecule has 1 N–H and O–H groups in total. The highest BCUT2D eigenvalue weighted by atomic mass is 16.5. The maximum atomic E-state index is 5.65. The van der Waals surface area contributed by atoms with Gasteiger partial charge >= 0.3 is 0 Å². The highest BCUT2D eigenvalue weighted by molar-refractivity contribution is 5.08. The van der Waals surface area contributed by atoms with Crippen molar-refractivity contribution in [3.8, 4) is 0 Å². The van der Waals surface area contributed by atoms with E-state index in [0.29, 0.717) is 0 Å². The summed E-state index contributed by atoms with van der Waals surface area (Å²) in [6.07, 6.45) is 7.85. The van der Waals surface area contributed by atoms with Gasteiger partial charge in [-0.15, -0.1) is 0 Å². The standard InChI is InChI=1S/C15H25N3O2/c1-2-5-15(6-8-16-9-7-15)14-17-13(18-20-14)11-12-4-3-10-19-12/h12,16H,2-11H2,1H3. The van der Waals surface area contributed by atoms with Crippen molar-refractivity contribution >= 4 is 0 Å². The molecule has 0 amide bonds. The average Bonchev–Trinajstić information content (AvgIpc) is 3.13. The van der Waals surface area contributed by atoms with Crippen LogP contribution in [-0.2, 0) is 16.6 Å². The van der Waals surface area contributed by atoms with Crippen molar-refractivity contribution in [2.75, 3.05) is 19.7 Å². The zero-order chi connectivity index (χ0) is 13.8. The van der Waals surface area contributed by atoms with Crippen molar-refractivity contribution < 1.29 is 9.26 Å². The van der Waals surface area contributed by atoms with Crippen LogP contribution in [0.1, 0.15) is 57.2 Å². The topological polar surface area (TPSA) is 60.2 Å². The van der Waals surface area contributed by atoms with Gasteiger partial charge in [-0.3, -0.25) is 0 Å². The Morgan fingerprint density at radius 2 is 2.20 bits per heavy atom. The van der Waals surface area contributed by atoms with E-state index in [1.165, 1.54) is 0 Å². The van der Waals surface area contributed by atoms with Crippen LogP contribution in [0.3, 0.4) is 0 Å². The van der Waals surface area contributed by atoms with Crippen molar-refractivity contribution in [2.24, 2.45) is 0 Å². The van der Waals surface area contributed by atoms with Crippen LogP contribution in [0.2, 0.25) is 0 Å². The van der Waals surface area contributed by atoms with E-state index in [4.69, 9.17) is 14.2 Å². The Morgan fingerprint density at radius 3 is 2.90 bits per heavy atom. The second kappa shape index (κ2) is 6.22. The van der Waals surface area contributed by atoms with E-state index in [1.54, 1.807) is 0 Å². The molecule has 0 saturated carbocycles. The van der Waals surface area contributed by atoms with E-state index in [9.17, 15) is 0 Å². The molecule has 2 fully saturated rings. The lowest BCUT2D eigenvalue weighted by atomic mass is 9.75. The highest BCUT2D eigenvalue weighted by Crippen LogP contribution is 2.37. The molecule has 0 aromatic carbocycles. The van der Waals surface area contributed by atoms with Crippen molar-refractivity contribution in [2.45, 2.75) is 63.4 Å². The predicted molar refractivity (Wildman–Crippen MR) is 75.7 cm³/mol. The smallest absolute Gasteiger partial charge is 0.232 e. The minimum absolute atomic E-state index is 0.0990. The van der Waals surface area contributed by atoms with Gasteiger partial charge in [0.1, 0.15) is 0 Å². The largest absolute Gasteiger partial charge is 0.378 e. The summed E-state index contributed by atoms with van der Waals surface area (Å²) in [7, 11) is 0. The molecule has 2 saturated heterocycles. The Morgan fingerprint density at radius 1 is 1.35 bits per heavy atom. The first-order valence-electron chi connectivity index (χ1n) is 7.98. The minimum Gasteiger partial charge on any atom is -0.378 e. The van der Waals surface area contributed by atoms with Gasteiger partial charge in [0.2, 0.25) is 5.89 Å². The number of piperidine rings is 1. The van der Waals surface area contributed by atoms with Gasteiger partial charge in [0.15, 0.2) is 5.82 Å². The second-order valence-electron chi connectivity index (χ2n) is 6.14. The highest BCUT2D eigenvalue weighted by Gasteiger charge is 2.38. The normalized spacial score (nSPS) is 25.9. The summed E-state index contributed by atoms with van der Waals surface area (Å²) in [5.74, 6) is 1.68. The SMILES string of the molecule is CCCC1(c2nc(CC3CCCO3)no2)CCNCC1. The average molecular weight is 279 g/mol. The number of nitrogens with one attached hydrogen (secondary N) is 1. The molecule has 2 aliphatic rings. The quantitative estimate of drug-likeness (QED) is 0.895. The van der Waals surface area contributed by atoms with Crippen LogP contribution in [0, 0.1) is 0 Å². The molecule has 2 aliphatic heterocycles. The van der Waals surface area contributed by atoms with Crippen LogP contribution < -0.4 is 5.32 Å². The first-order valence-corrected chi connectivity index (χ1v) is 7.98. The summed E-state index contributed by atoms with van der Waals surface area (Å²) in [5, 5.41) is 7.62. The molecule has 20 heavy (non-hydrogen) atoms. The number of rotatable bonds is 5. The Kier molecular flexibility index (Phi) is 4.36. The van der Waals surface area contributed by atoms with E-state index in [0.717, 1.165) is 76.4 Å². The van der Waals surface area contributed by atoms with Crippen LogP contribution in [0.25, 0.3) is 0 Å². The molecule has 1 aromatic rings. The first-order chi connectivity index (χ1) is 9.82. The van der Waals surface area contributed by atoms with Crippen molar-refractivity contribution in [3.63, 3.8) is 0 Å². The lowest BCUT2D eigenvalue weighted by Gasteiger charge is -2.34. The first kappa shape index (κ1) is 14.0. The Balaban J connectivity index is 1.72. The number of ether oxygens (including phenoxy) is 1. The molecular weight excluding hydrogens is 254 g/mol. The van der Waals surface area contributed by atoms with Gasteiger partial charge in [-0.1, -0.05) is 18.5 Å². The van der Waals surface area contributed by atoms with Gasteiger partial charge < -0.3 is 14.6 Å². The second-order valence-corrected chi connectivity index (χ2v) is 6.14. The van der Waals surface area contributed by atoms with Crippen LogP contribution in [0.4, 0.5) is 0 Å². The molecule has 0 aliphatic carbocycles. The molecule has 3 rings (SSSR count). The summed E-state index contributed by atoms with van der Waals surface area (Å²) in [5.41, 5.74) is 0.0990. The van der Waals surface area contributed by atoms with Gasteiger partial charge in [0.05, 0.1) is 11.5 Å². The Labute approximate surface area is 120 Å². The van der Waals surface area contributed by atoms with Gasteiger partial charge in [-0.2, -0.15) is 4.98 Å². The number of aromatic nitrogens is 2. The molecule has 5 nitrogen and oxygen atoms in total. The van der Waals surface area contributed by atoms with E-state index in [1.807, 2.05) is 0 Å². The van der Waals surface area contributed by atoms with E-state index in [-0.39, 0.29) is 11.5 Å². The third kappa shape index (κ3) is 2.88. The molecule has 0 bridgehead atoms. The molecule has 3 heterocycles. The monoisotopic (exact) mass is 279 g/mol. The predicted octanol–water partition coefficient (Wildman–Crippen LogP) is 2.21. The van der Waals surface area contributed by atoms with Crippen LogP contribution in [0.15, 0.2) is 4.52 Å². The third-order valence-electron chi connectivity index (χ3n) is 4.65. The lowest BCUT2D eigenvalue weighted by molar-refractivity contribution is 0.109. The molecular formula is C15H25N3O2. The molecule has 112 valence electrons. The van der Waals surface area contributed by atoms with Crippen molar-refractivity contribution in [3.05, 3.63) is 11.7 Å². The van der Waals surface area contributed by atoms with Crippen molar-refractivity contribution in [1.29, 1.82) is 0 Å². The van der Waals surface area contributed by atoms with Gasteiger partial charge in [0.25, 0.3) is 0 Å². The number of nitrogens with zero attached hydrogens (tertiary/aromatic N) is 2. The summed E-state index contributed by atoms with van der Waals surface area (Å²) in [4.78, 5) is 4.70. The summed E-state index contributed by atoms with van der Waals surface area (Å²) < 4.78 is 11.3. The van der Waals surface area contributed by atoms with E-state index >= 15 is 0 Å². The zero-order valence-corrected chi connectivity index (χ0v) is 12.4. The number of hydrogen-bond acceptors (Lipinski definition) is 5. The summed E-state index contributed by atoms with van der Waals surface area (Å²) >= 11 is 0. The molecule has 1 atom stereocenters. The van der Waals surface area contributed by atoms with Crippen LogP contribution >= 0.6 is 0 Å². The molecule has 0 radical (unpaired) electrons. The van der Waals surface area contributed by atoms with Crippen LogP contribution in [-0.4, -0.2) is 35.9 Å². The Bertz CT molecular complexity index is 415. The van der Waals surface area contributed by atoms with Crippen molar-refractivity contribution in [1.82, 2.24) is 15.5 Å². The number of hydrogen-bond donors (Lipinski definition) is 1. The molecule has 1 aromatic heterocycles. The van der Waals surface area contributed by atoms with Gasteiger partial charge in [-0.05, 0) is 45.2 Å². The van der Waals surface area contributed by atoms with E-state index in [2.05, 4.69) is 17.4 Å². The van der Waals surface area contributed by atoms with Crippen LogP contribution in [0.5, 0.6) is 0 Å². The fraction of sp³-hybridized carbons (Fsp3) is 0.867. The maximum absolute atomic E-state index is 5.65. The molecule has 0 spiro atoms. The zero-order valence-electron chi connectivity index (χ0n) is 12.4. The maximum Gasteiger partial charge on any atom is 0.232 e. The summed E-state index contributed by atoms with van der Waals surface area (Å²) in [6.45, 7) is 5.20. The lowest BCUT2D eigenvalue weighted by Crippen LogP contribution is -2.40. The van der Waals surface area contributed by atoms with Gasteiger partial charge in [0, 0.05) is 13.0 Å².